The molecular formula is C17H19FN4O2. The third-order valence-electron chi connectivity index (χ3n) is 4.08. The van der Waals surface area contributed by atoms with Gasteiger partial charge in [-0.2, -0.15) is 0 Å². The molecular weight excluding hydrogens is 311 g/mol. The second-order valence-corrected chi connectivity index (χ2v) is 5.84. The Morgan fingerprint density at radius 2 is 2.08 bits per heavy atom. The number of nitrogens with zero attached hydrogens (tertiary/aromatic N) is 4. The van der Waals surface area contributed by atoms with Crippen molar-refractivity contribution < 1.29 is 14.3 Å². The number of rotatable bonds is 6. The largest absolute Gasteiger partial charge is 0.480 e. The Morgan fingerprint density at radius 1 is 1.29 bits per heavy atom. The van der Waals surface area contributed by atoms with Crippen molar-refractivity contribution in [2.24, 2.45) is 0 Å². The number of hydrogen-bond acceptors (Lipinski definition) is 4. The van der Waals surface area contributed by atoms with Crippen LogP contribution in [-0.2, 0) is 17.8 Å². The van der Waals surface area contributed by atoms with Gasteiger partial charge in [0, 0.05) is 32.3 Å². The Balaban J connectivity index is 1.50. The summed E-state index contributed by atoms with van der Waals surface area (Å²) < 4.78 is 14.3. The highest BCUT2D eigenvalue weighted by Crippen LogP contribution is 2.22. The summed E-state index contributed by atoms with van der Waals surface area (Å²) in [5.74, 6) is -1.14. The van der Waals surface area contributed by atoms with Crippen molar-refractivity contribution in [2.75, 3.05) is 19.6 Å². The van der Waals surface area contributed by atoms with Gasteiger partial charge in [0.05, 0.1) is 5.69 Å². The lowest BCUT2D eigenvalue weighted by atomic mass is 9.99. The Labute approximate surface area is 139 Å². The van der Waals surface area contributed by atoms with Gasteiger partial charge in [0.15, 0.2) is 0 Å². The van der Waals surface area contributed by atoms with Crippen LogP contribution in [0.4, 0.5) is 4.39 Å². The molecule has 1 N–H and O–H groups in total. The minimum Gasteiger partial charge on any atom is -0.480 e. The predicted octanol–water partition coefficient (Wildman–Crippen LogP) is 1.83. The van der Waals surface area contributed by atoms with Gasteiger partial charge in [-0.3, -0.25) is 9.69 Å². The van der Waals surface area contributed by atoms with Crippen molar-refractivity contribution in [3.63, 3.8) is 0 Å². The molecule has 0 unspecified atom stereocenters. The Morgan fingerprint density at radius 3 is 2.75 bits per heavy atom. The molecule has 1 aliphatic rings. The number of carboxylic acid groups (broad SMARTS) is 1. The zero-order chi connectivity index (χ0) is 16.9. The highest BCUT2D eigenvalue weighted by Gasteiger charge is 2.14. The van der Waals surface area contributed by atoms with E-state index in [-0.39, 0.29) is 12.4 Å². The van der Waals surface area contributed by atoms with Gasteiger partial charge >= 0.3 is 5.97 Å². The first-order valence-corrected chi connectivity index (χ1v) is 7.88. The number of carboxylic acids is 1. The molecule has 3 rings (SSSR count). The van der Waals surface area contributed by atoms with Crippen LogP contribution >= 0.6 is 0 Å². The summed E-state index contributed by atoms with van der Waals surface area (Å²) in [6, 6.07) is 6.61. The lowest BCUT2D eigenvalue weighted by Gasteiger charge is -2.26. The SMILES string of the molecule is O=C(O)Cn1cc(CCN2CC=C(c3ccc(F)cc3)CC2)nn1. The first-order chi connectivity index (χ1) is 11.6. The van der Waals surface area contributed by atoms with E-state index in [0.29, 0.717) is 0 Å². The average molecular weight is 330 g/mol. The lowest BCUT2D eigenvalue weighted by Crippen LogP contribution is -2.30. The summed E-state index contributed by atoms with van der Waals surface area (Å²) in [6.07, 6.45) is 5.52. The molecule has 0 fully saturated rings. The van der Waals surface area contributed by atoms with Crippen LogP contribution in [0.3, 0.4) is 0 Å². The summed E-state index contributed by atoms with van der Waals surface area (Å²) in [4.78, 5) is 12.9. The minimum atomic E-state index is -0.930. The van der Waals surface area contributed by atoms with E-state index >= 15 is 0 Å². The van der Waals surface area contributed by atoms with Crippen molar-refractivity contribution in [1.29, 1.82) is 0 Å². The highest BCUT2D eigenvalue weighted by molar-refractivity contribution is 5.66. The van der Waals surface area contributed by atoms with Gasteiger partial charge in [-0.25, -0.2) is 9.07 Å². The van der Waals surface area contributed by atoms with E-state index in [4.69, 9.17) is 5.11 Å². The van der Waals surface area contributed by atoms with E-state index in [9.17, 15) is 9.18 Å². The molecule has 126 valence electrons. The molecule has 6 nitrogen and oxygen atoms in total. The fraction of sp³-hybridized carbons (Fsp3) is 0.353. The summed E-state index contributed by atoms with van der Waals surface area (Å²) >= 11 is 0. The molecule has 0 aliphatic carbocycles. The smallest absolute Gasteiger partial charge is 0.325 e. The summed E-state index contributed by atoms with van der Waals surface area (Å²) in [5.41, 5.74) is 3.12. The maximum absolute atomic E-state index is 13.0. The van der Waals surface area contributed by atoms with Crippen molar-refractivity contribution in [3.8, 4) is 0 Å². The van der Waals surface area contributed by atoms with Crippen LogP contribution in [-0.4, -0.2) is 50.6 Å². The van der Waals surface area contributed by atoms with Gasteiger partial charge in [-0.1, -0.05) is 23.4 Å². The number of hydrogen-bond donors (Lipinski definition) is 1. The van der Waals surface area contributed by atoms with E-state index in [1.807, 2.05) is 12.1 Å². The van der Waals surface area contributed by atoms with Crippen LogP contribution in [0, 0.1) is 5.82 Å². The van der Waals surface area contributed by atoms with E-state index in [1.165, 1.54) is 22.4 Å². The van der Waals surface area contributed by atoms with E-state index in [2.05, 4.69) is 21.3 Å². The molecule has 0 saturated carbocycles. The van der Waals surface area contributed by atoms with Gasteiger partial charge in [0.1, 0.15) is 12.4 Å². The second-order valence-electron chi connectivity index (χ2n) is 5.84. The van der Waals surface area contributed by atoms with Crippen LogP contribution in [0.15, 0.2) is 36.5 Å². The predicted molar refractivity (Wildman–Crippen MR) is 86.8 cm³/mol. The summed E-state index contributed by atoms with van der Waals surface area (Å²) in [7, 11) is 0. The van der Waals surface area contributed by atoms with Crippen LogP contribution in [0.2, 0.25) is 0 Å². The Hall–Kier alpha value is -2.54. The molecule has 1 aromatic heterocycles. The molecule has 1 aliphatic heterocycles. The van der Waals surface area contributed by atoms with Gasteiger partial charge in [0.25, 0.3) is 0 Å². The molecule has 1 aromatic carbocycles. The van der Waals surface area contributed by atoms with E-state index < -0.39 is 5.97 Å². The van der Waals surface area contributed by atoms with E-state index in [0.717, 1.165) is 43.7 Å². The monoisotopic (exact) mass is 330 g/mol. The molecule has 7 heteroatoms. The number of benzene rings is 1. The Kier molecular flexibility index (Phi) is 5.00. The molecule has 0 saturated heterocycles. The summed E-state index contributed by atoms with van der Waals surface area (Å²) in [5, 5.41) is 16.5. The number of halogens is 1. The fourth-order valence-electron chi connectivity index (χ4n) is 2.78. The summed E-state index contributed by atoms with van der Waals surface area (Å²) in [6.45, 7) is 2.46. The quantitative estimate of drug-likeness (QED) is 0.875. The van der Waals surface area contributed by atoms with Crippen LogP contribution in [0.1, 0.15) is 17.7 Å². The topological polar surface area (TPSA) is 71.2 Å². The molecule has 0 amide bonds. The molecule has 0 radical (unpaired) electrons. The van der Waals surface area contributed by atoms with Crippen molar-refractivity contribution >= 4 is 11.5 Å². The first kappa shape index (κ1) is 16.3. The highest BCUT2D eigenvalue weighted by atomic mass is 19.1. The fourth-order valence-corrected chi connectivity index (χ4v) is 2.78. The third kappa shape index (κ3) is 4.26. The maximum atomic E-state index is 13.0. The van der Waals surface area contributed by atoms with Crippen molar-refractivity contribution in [2.45, 2.75) is 19.4 Å². The Bertz CT molecular complexity index is 739. The van der Waals surface area contributed by atoms with Gasteiger partial charge in [-0.05, 0) is 29.7 Å². The molecule has 2 aromatic rings. The standard InChI is InChI=1S/C17H19FN4O2/c18-15-3-1-13(2-4-15)14-5-8-21(9-6-14)10-7-16-11-22(20-19-16)12-17(23)24/h1-5,11H,6-10,12H2,(H,23,24). The molecule has 0 bridgehead atoms. The average Bonchev–Trinajstić information content (AvgIpc) is 3.01. The molecule has 24 heavy (non-hydrogen) atoms. The van der Waals surface area contributed by atoms with Crippen molar-refractivity contribution in [3.05, 3.63) is 53.6 Å². The normalized spacial score (nSPS) is 15.3. The molecule has 2 heterocycles. The number of carbonyl (C=O) groups is 1. The number of aromatic nitrogens is 3. The van der Waals surface area contributed by atoms with Gasteiger partial charge < -0.3 is 5.11 Å². The zero-order valence-corrected chi connectivity index (χ0v) is 13.2. The number of aliphatic carboxylic acids is 1. The van der Waals surface area contributed by atoms with Crippen LogP contribution < -0.4 is 0 Å². The maximum Gasteiger partial charge on any atom is 0.325 e. The third-order valence-corrected chi connectivity index (χ3v) is 4.08. The molecule has 0 atom stereocenters. The van der Waals surface area contributed by atoms with Crippen LogP contribution in [0.5, 0.6) is 0 Å². The van der Waals surface area contributed by atoms with Crippen LogP contribution in [0.25, 0.3) is 5.57 Å². The first-order valence-electron chi connectivity index (χ1n) is 7.88. The molecule has 0 spiro atoms. The minimum absolute atomic E-state index is 0.166. The zero-order valence-electron chi connectivity index (χ0n) is 13.2. The lowest BCUT2D eigenvalue weighted by molar-refractivity contribution is -0.137. The van der Waals surface area contributed by atoms with Gasteiger partial charge in [0.2, 0.25) is 0 Å². The van der Waals surface area contributed by atoms with Crippen molar-refractivity contribution in [1.82, 2.24) is 19.9 Å². The van der Waals surface area contributed by atoms with E-state index in [1.54, 1.807) is 6.20 Å². The second kappa shape index (κ2) is 7.35. The van der Waals surface area contributed by atoms with Gasteiger partial charge in [-0.15, -0.1) is 5.10 Å².